The lowest BCUT2D eigenvalue weighted by atomic mass is 10.00. The highest BCUT2D eigenvalue weighted by atomic mass is 32.1. The van der Waals surface area contributed by atoms with E-state index in [0.29, 0.717) is 6.42 Å². The monoisotopic (exact) mass is 399 g/mol. The second kappa shape index (κ2) is 8.80. The van der Waals surface area contributed by atoms with Crippen LogP contribution in [0.2, 0.25) is 0 Å². The summed E-state index contributed by atoms with van der Waals surface area (Å²) in [4.78, 5) is 22.9. The first kappa shape index (κ1) is 19.0. The highest BCUT2D eigenvalue weighted by Crippen LogP contribution is 2.29. The van der Waals surface area contributed by atoms with Crippen LogP contribution in [-0.2, 0) is 11.2 Å². The molecule has 0 radical (unpaired) electrons. The summed E-state index contributed by atoms with van der Waals surface area (Å²) in [5.74, 6) is -0.0384. The maximum Gasteiger partial charge on any atom is 0.226 e. The molecule has 2 heterocycles. The molecule has 0 fully saturated rings. The third kappa shape index (κ3) is 4.58. The maximum absolute atomic E-state index is 13.0. The first-order chi connectivity index (χ1) is 14.2. The van der Waals surface area contributed by atoms with Crippen LogP contribution < -0.4 is 5.32 Å². The van der Waals surface area contributed by atoms with Crippen molar-refractivity contribution in [2.24, 2.45) is 0 Å². The van der Waals surface area contributed by atoms with Crippen LogP contribution in [0.1, 0.15) is 27.1 Å². The first-order valence-electron chi connectivity index (χ1n) is 9.46. The second-order valence-electron chi connectivity index (χ2n) is 6.75. The molecule has 5 heteroatoms. The van der Waals surface area contributed by atoms with E-state index in [1.165, 1.54) is 0 Å². The van der Waals surface area contributed by atoms with Crippen molar-refractivity contribution in [1.29, 1.82) is 0 Å². The summed E-state index contributed by atoms with van der Waals surface area (Å²) in [5, 5.41) is 4.14. The molecule has 0 saturated carbocycles. The molecule has 0 aliphatic rings. The molecular weight excluding hydrogens is 378 g/mol. The molecule has 1 amide bonds. The van der Waals surface area contributed by atoms with Gasteiger partial charge in [0.15, 0.2) is 0 Å². The van der Waals surface area contributed by atoms with Gasteiger partial charge in [-0.3, -0.25) is 9.78 Å². The number of carbonyl (C=O) groups excluding carboxylic acids is 1. The second-order valence-corrected chi connectivity index (χ2v) is 8.03. The lowest BCUT2D eigenvalue weighted by molar-refractivity contribution is -0.120. The van der Waals surface area contributed by atoms with E-state index in [0.717, 1.165) is 32.3 Å². The summed E-state index contributed by atoms with van der Waals surface area (Å²) in [7, 11) is 0. The van der Waals surface area contributed by atoms with Gasteiger partial charge in [-0.05, 0) is 24.1 Å². The van der Waals surface area contributed by atoms with Gasteiger partial charge in [0, 0.05) is 22.8 Å². The fourth-order valence-electron chi connectivity index (χ4n) is 3.32. The van der Waals surface area contributed by atoms with E-state index < -0.39 is 0 Å². The minimum Gasteiger partial charge on any atom is -0.345 e. The Bertz CT molecular complexity index is 1040. The highest BCUT2D eigenvalue weighted by Gasteiger charge is 2.20. The molecule has 2 aromatic carbocycles. The highest BCUT2D eigenvalue weighted by molar-refractivity contribution is 7.12. The Hall–Kier alpha value is -3.31. The molecule has 4 nitrogen and oxygen atoms in total. The number of aryl methyl sites for hydroxylation is 1. The van der Waals surface area contributed by atoms with E-state index in [9.17, 15) is 4.79 Å². The standard InChI is InChI=1S/C24H21N3OS/c1-17-26-24(19-11-6-3-7-12-19)21(29-17)15-22(28)27-23(18-9-4-2-5-10-18)20-13-8-14-25-16-20/h2-14,16,23H,15H2,1H3,(H,27,28). The number of hydrogen-bond donors (Lipinski definition) is 1. The fraction of sp³-hybridized carbons (Fsp3) is 0.125. The van der Waals surface area contributed by atoms with Crippen molar-refractivity contribution < 1.29 is 4.79 Å². The number of carbonyl (C=O) groups is 1. The Morgan fingerprint density at radius 1 is 0.966 bits per heavy atom. The average molecular weight is 400 g/mol. The summed E-state index contributed by atoms with van der Waals surface area (Å²) in [6.45, 7) is 1.97. The van der Waals surface area contributed by atoms with Crippen LogP contribution in [0.3, 0.4) is 0 Å². The summed E-state index contributed by atoms with van der Waals surface area (Å²) in [6, 6.07) is 23.6. The van der Waals surface area contributed by atoms with E-state index in [2.05, 4.69) is 15.3 Å². The molecule has 1 N–H and O–H groups in total. The normalized spacial score (nSPS) is 11.8. The van der Waals surface area contributed by atoms with E-state index in [1.54, 1.807) is 23.7 Å². The lowest BCUT2D eigenvalue weighted by Crippen LogP contribution is -2.30. The van der Waals surface area contributed by atoms with Gasteiger partial charge in [0.1, 0.15) is 0 Å². The van der Waals surface area contributed by atoms with Crippen LogP contribution in [0, 0.1) is 6.92 Å². The average Bonchev–Trinajstić information content (AvgIpc) is 3.14. The van der Waals surface area contributed by atoms with Gasteiger partial charge in [-0.25, -0.2) is 4.98 Å². The van der Waals surface area contributed by atoms with Gasteiger partial charge in [-0.1, -0.05) is 66.7 Å². The molecule has 144 valence electrons. The predicted molar refractivity (Wildman–Crippen MR) is 117 cm³/mol. The van der Waals surface area contributed by atoms with Gasteiger partial charge in [0.2, 0.25) is 5.91 Å². The van der Waals surface area contributed by atoms with Crippen LogP contribution in [0.25, 0.3) is 11.3 Å². The first-order valence-corrected chi connectivity index (χ1v) is 10.3. The largest absolute Gasteiger partial charge is 0.345 e. The van der Waals surface area contributed by atoms with Crippen molar-refractivity contribution in [2.45, 2.75) is 19.4 Å². The number of nitrogens with one attached hydrogen (secondary N) is 1. The number of benzene rings is 2. The van der Waals surface area contributed by atoms with E-state index >= 15 is 0 Å². The number of thiazole rings is 1. The van der Waals surface area contributed by atoms with Gasteiger partial charge < -0.3 is 5.32 Å². The van der Waals surface area contributed by atoms with Gasteiger partial charge in [0.25, 0.3) is 0 Å². The van der Waals surface area contributed by atoms with Crippen LogP contribution in [0.5, 0.6) is 0 Å². The van der Waals surface area contributed by atoms with Crippen molar-refractivity contribution in [3.8, 4) is 11.3 Å². The van der Waals surface area contributed by atoms with Crippen LogP contribution in [0.15, 0.2) is 85.2 Å². The number of aromatic nitrogens is 2. The molecule has 0 aliphatic heterocycles. The smallest absolute Gasteiger partial charge is 0.226 e. The quantitative estimate of drug-likeness (QED) is 0.498. The SMILES string of the molecule is Cc1nc(-c2ccccc2)c(CC(=O)NC(c2ccccc2)c2cccnc2)s1. The fourth-order valence-corrected chi connectivity index (χ4v) is 4.28. The minimum absolute atomic E-state index is 0.0384. The van der Waals surface area contributed by atoms with Crippen LogP contribution in [-0.4, -0.2) is 15.9 Å². The van der Waals surface area contributed by atoms with Crippen molar-refractivity contribution in [1.82, 2.24) is 15.3 Å². The van der Waals surface area contributed by atoms with Crippen molar-refractivity contribution in [3.63, 3.8) is 0 Å². The Balaban J connectivity index is 1.59. The Morgan fingerprint density at radius 2 is 1.66 bits per heavy atom. The maximum atomic E-state index is 13.0. The van der Waals surface area contributed by atoms with Crippen LogP contribution in [0.4, 0.5) is 0 Å². The number of rotatable bonds is 6. The minimum atomic E-state index is -0.244. The number of amides is 1. The van der Waals surface area contributed by atoms with Crippen molar-refractivity contribution in [3.05, 3.63) is 106 Å². The molecule has 0 bridgehead atoms. The molecule has 1 unspecified atom stereocenters. The molecule has 0 aliphatic carbocycles. The molecular formula is C24H21N3OS. The third-order valence-electron chi connectivity index (χ3n) is 4.63. The number of hydrogen-bond acceptors (Lipinski definition) is 4. The molecule has 1 atom stereocenters. The molecule has 29 heavy (non-hydrogen) atoms. The lowest BCUT2D eigenvalue weighted by Gasteiger charge is -2.19. The van der Waals surface area contributed by atoms with Crippen molar-refractivity contribution >= 4 is 17.2 Å². The van der Waals surface area contributed by atoms with Crippen molar-refractivity contribution in [2.75, 3.05) is 0 Å². The van der Waals surface area contributed by atoms with Gasteiger partial charge in [0.05, 0.1) is 23.2 Å². The van der Waals surface area contributed by atoms with E-state index in [4.69, 9.17) is 0 Å². The zero-order valence-corrected chi connectivity index (χ0v) is 16.9. The number of nitrogens with zero attached hydrogens (tertiary/aromatic N) is 2. The Labute approximate surface area is 174 Å². The molecule has 0 saturated heterocycles. The third-order valence-corrected chi connectivity index (χ3v) is 5.60. The van der Waals surface area contributed by atoms with E-state index in [1.807, 2.05) is 79.7 Å². The molecule has 4 aromatic rings. The zero-order chi connectivity index (χ0) is 20.1. The molecule has 4 rings (SSSR count). The Kier molecular flexibility index (Phi) is 5.77. The molecule has 2 aromatic heterocycles. The van der Waals surface area contributed by atoms with Gasteiger partial charge in [-0.2, -0.15) is 0 Å². The number of pyridine rings is 1. The topological polar surface area (TPSA) is 54.9 Å². The summed E-state index contributed by atoms with van der Waals surface area (Å²) in [6.07, 6.45) is 3.82. The summed E-state index contributed by atoms with van der Waals surface area (Å²) >= 11 is 1.57. The van der Waals surface area contributed by atoms with Gasteiger partial charge >= 0.3 is 0 Å². The Morgan fingerprint density at radius 3 is 2.34 bits per heavy atom. The molecule has 0 spiro atoms. The van der Waals surface area contributed by atoms with Crippen LogP contribution >= 0.6 is 11.3 Å². The zero-order valence-electron chi connectivity index (χ0n) is 16.1. The van der Waals surface area contributed by atoms with Gasteiger partial charge in [-0.15, -0.1) is 11.3 Å². The van der Waals surface area contributed by atoms with E-state index in [-0.39, 0.29) is 11.9 Å². The summed E-state index contributed by atoms with van der Waals surface area (Å²) < 4.78 is 0. The summed E-state index contributed by atoms with van der Waals surface area (Å²) in [5.41, 5.74) is 3.90. The predicted octanol–water partition coefficient (Wildman–Crippen LogP) is 4.96.